The highest BCUT2D eigenvalue weighted by atomic mass is 16.1. The Morgan fingerprint density at radius 1 is 1.00 bits per heavy atom. The summed E-state index contributed by atoms with van der Waals surface area (Å²) in [6.45, 7) is 7.41. The van der Waals surface area contributed by atoms with Gasteiger partial charge in [-0.05, 0) is 24.7 Å². The minimum Gasteiger partial charge on any atom is -0.299 e. The first-order chi connectivity index (χ1) is 7.69. The molecule has 2 aliphatic rings. The Hall–Kier alpha value is -1.18. The lowest BCUT2D eigenvalue weighted by Gasteiger charge is -2.21. The van der Waals surface area contributed by atoms with E-state index in [4.69, 9.17) is 0 Å². The van der Waals surface area contributed by atoms with Crippen LogP contribution in [0.3, 0.4) is 0 Å². The number of carbonyl (C=O) groups excluding carboxylic acids is 2. The average molecular weight is 218 g/mol. The zero-order valence-corrected chi connectivity index (χ0v) is 9.52. The highest BCUT2D eigenvalue weighted by molar-refractivity contribution is 5.91. The second kappa shape index (κ2) is 4.36. The van der Waals surface area contributed by atoms with Crippen molar-refractivity contribution in [2.75, 3.05) is 0 Å². The van der Waals surface area contributed by atoms with Crippen LogP contribution in [0.15, 0.2) is 25.3 Å². The van der Waals surface area contributed by atoms with Gasteiger partial charge in [-0.15, -0.1) is 13.2 Å². The lowest BCUT2D eigenvalue weighted by molar-refractivity contribution is -0.124. The van der Waals surface area contributed by atoms with Crippen LogP contribution in [0.4, 0.5) is 0 Å². The molecule has 0 heterocycles. The van der Waals surface area contributed by atoms with Gasteiger partial charge in [0.2, 0.25) is 0 Å². The molecule has 0 amide bonds. The van der Waals surface area contributed by atoms with E-state index in [9.17, 15) is 9.59 Å². The summed E-state index contributed by atoms with van der Waals surface area (Å²) in [6.07, 6.45) is 6.25. The van der Waals surface area contributed by atoms with Crippen LogP contribution in [0.2, 0.25) is 0 Å². The molecular weight excluding hydrogens is 200 g/mol. The van der Waals surface area contributed by atoms with Crippen LogP contribution in [0, 0.1) is 23.7 Å². The second-order valence-corrected chi connectivity index (χ2v) is 4.94. The van der Waals surface area contributed by atoms with Gasteiger partial charge < -0.3 is 0 Å². The van der Waals surface area contributed by atoms with Gasteiger partial charge >= 0.3 is 0 Å². The minimum absolute atomic E-state index is 0.0406. The Morgan fingerprint density at radius 3 is 1.81 bits per heavy atom. The zero-order valence-electron chi connectivity index (χ0n) is 9.52. The van der Waals surface area contributed by atoms with Crippen LogP contribution in [-0.2, 0) is 9.59 Å². The van der Waals surface area contributed by atoms with Crippen molar-refractivity contribution in [3.63, 3.8) is 0 Å². The fraction of sp³-hybridized carbons (Fsp3) is 0.571. The molecule has 0 aliphatic heterocycles. The molecule has 2 saturated carbocycles. The highest BCUT2D eigenvalue weighted by Crippen LogP contribution is 2.49. The Kier molecular flexibility index (Phi) is 3.08. The van der Waals surface area contributed by atoms with E-state index in [0.29, 0.717) is 30.3 Å². The third-order valence-corrected chi connectivity index (χ3v) is 4.07. The van der Waals surface area contributed by atoms with Gasteiger partial charge in [-0.1, -0.05) is 12.2 Å². The summed E-state index contributed by atoms with van der Waals surface area (Å²) in [5.41, 5.74) is 0. The predicted molar refractivity (Wildman–Crippen MR) is 62.8 cm³/mol. The number of hydrogen-bond donors (Lipinski definition) is 0. The van der Waals surface area contributed by atoms with Crippen LogP contribution in [-0.4, -0.2) is 11.6 Å². The monoisotopic (exact) mass is 218 g/mol. The topological polar surface area (TPSA) is 34.1 Å². The molecule has 2 nitrogen and oxygen atoms in total. The van der Waals surface area contributed by atoms with E-state index < -0.39 is 0 Å². The van der Waals surface area contributed by atoms with Crippen LogP contribution >= 0.6 is 0 Å². The maximum atomic E-state index is 11.8. The Morgan fingerprint density at radius 2 is 1.44 bits per heavy atom. The smallest absolute Gasteiger partial charge is 0.136 e. The molecule has 2 unspecified atom stereocenters. The number of allylic oxidation sites excluding steroid dienone is 2. The van der Waals surface area contributed by atoms with Crippen molar-refractivity contribution >= 4 is 11.6 Å². The molecule has 0 saturated heterocycles. The number of ketones is 2. The summed E-state index contributed by atoms with van der Waals surface area (Å²) in [5.74, 6) is 1.30. The van der Waals surface area contributed by atoms with Gasteiger partial charge in [0, 0.05) is 24.7 Å². The largest absolute Gasteiger partial charge is 0.299 e. The molecule has 0 aromatic rings. The van der Waals surface area contributed by atoms with E-state index in [0.717, 1.165) is 12.8 Å². The van der Waals surface area contributed by atoms with Crippen molar-refractivity contribution in [2.45, 2.75) is 25.7 Å². The first kappa shape index (κ1) is 11.3. The van der Waals surface area contributed by atoms with E-state index in [-0.39, 0.29) is 17.8 Å². The minimum atomic E-state index is 0.0406. The van der Waals surface area contributed by atoms with Gasteiger partial charge in [0.15, 0.2) is 0 Å². The van der Waals surface area contributed by atoms with Gasteiger partial charge in [0.25, 0.3) is 0 Å². The van der Waals surface area contributed by atoms with Crippen LogP contribution < -0.4 is 0 Å². The summed E-state index contributed by atoms with van der Waals surface area (Å²) >= 11 is 0. The molecule has 0 radical (unpaired) electrons. The molecule has 86 valence electrons. The van der Waals surface area contributed by atoms with E-state index >= 15 is 0 Å². The fourth-order valence-electron chi connectivity index (χ4n) is 3.47. The van der Waals surface area contributed by atoms with Gasteiger partial charge in [-0.3, -0.25) is 9.59 Å². The first-order valence-corrected chi connectivity index (χ1v) is 5.96. The molecule has 0 spiro atoms. The van der Waals surface area contributed by atoms with Crippen molar-refractivity contribution in [1.29, 1.82) is 0 Å². The molecule has 0 N–H and O–H groups in total. The lowest BCUT2D eigenvalue weighted by Crippen LogP contribution is -2.23. The van der Waals surface area contributed by atoms with Gasteiger partial charge in [0.05, 0.1) is 0 Å². The van der Waals surface area contributed by atoms with Crippen molar-refractivity contribution in [2.24, 2.45) is 23.7 Å². The lowest BCUT2D eigenvalue weighted by atomic mass is 9.81. The molecule has 0 bridgehead atoms. The molecule has 2 rings (SSSR count). The normalized spacial score (nSPS) is 37.5. The van der Waals surface area contributed by atoms with Gasteiger partial charge in [-0.25, -0.2) is 0 Å². The van der Waals surface area contributed by atoms with E-state index in [1.54, 1.807) is 12.2 Å². The van der Waals surface area contributed by atoms with E-state index in [1.807, 2.05) is 0 Å². The predicted octanol–water partition coefficient (Wildman–Crippen LogP) is 2.55. The zero-order chi connectivity index (χ0) is 11.7. The third kappa shape index (κ3) is 1.66. The Balaban J connectivity index is 2.22. The van der Waals surface area contributed by atoms with Crippen molar-refractivity contribution < 1.29 is 9.59 Å². The van der Waals surface area contributed by atoms with E-state index in [2.05, 4.69) is 13.2 Å². The maximum Gasteiger partial charge on any atom is 0.136 e. The van der Waals surface area contributed by atoms with Crippen LogP contribution in [0.1, 0.15) is 25.7 Å². The Bertz CT molecular complexity index is 311. The number of fused-ring (bicyclic) bond motifs is 1. The van der Waals surface area contributed by atoms with E-state index in [1.165, 1.54) is 0 Å². The van der Waals surface area contributed by atoms with Crippen molar-refractivity contribution in [3.05, 3.63) is 25.3 Å². The number of hydrogen-bond acceptors (Lipinski definition) is 2. The summed E-state index contributed by atoms with van der Waals surface area (Å²) < 4.78 is 0. The van der Waals surface area contributed by atoms with Crippen LogP contribution in [0.5, 0.6) is 0 Å². The molecular formula is C14H18O2. The fourth-order valence-corrected chi connectivity index (χ4v) is 3.47. The van der Waals surface area contributed by atoms with Gasteiger partial charge in [-0.2, -0.15) is 0 Å². The first-order valence-electron chi connectivity index (χ1n) is 5.96. The third-order valence-electron chi connectivity index (χ3n) is 4.07. The van der Waals surface area contributed by atoms with Gasteiger partial charge in [0.1, 0.15) is 11.6 Å². The average Bonchev–Trinajstić information content (AvgIpc) is 2.68. The Labute approximate surface area is 96.4 Å². The van der Waals surface area contributed by atoms with Crippen molar-refractivity contribution in [1.82, 2.24) is 0 Å². The highest BCUT2D eigenvalue weighted by Gasteiger charge is 2.52. The summed E-state index contributed by atoms with van der Waals surface area (Å²) in [7, 11) is 0. The maximum absolute atomic E-state index is 11.8. The number of carbonyl (C=O) groups is 2. The number of Topliss-reactive ketones (excluding diaryl/α,β-unsaturated/α-hetero) is 2. The summed E-state index contributed by atoms with van der Waals surface area (Å²) in [4.78, 5) is 23.7. The molecule has 16 heavy (non-hydrogen) atoms. The van der Waals surface area contributed by atoms with Crippen molar-refractivity contribution in [3.8, 4) is 0 Å². The number of rotatable bonds is 4. The summed E-state index contributed by atoms with van der Waals surface area (Å²) in [6, 6.07) is 0. The molecule has 2 fully saturated rings. The molecule has 2 heteroatoms. The second-order valence-electron chi connectivity index (χ2n) is 4.94. The molecule has 0 aromatic carbocycles. The molecule has 0 aromatic heterocycles. The standard InChI is InChI=1S/C14H18O2/c1-3-5-10-12(15)7-9-8-13(16)11(6-4-2)14(9)10/h3-4,9-11,14H,1-2,5-8H2. The molecule has 2 atom stereocenters. The van der Waals surface area contributed by atoms with Crippen LogP contribution in [0.25, 0.3) is 0 Å². The quantitative estimate of drug-likeness (QED) is 0.679. The SMILES string of the molecule is C=CCC1C(=O)CC2CC(=O)C(CC=C)C21. The molecule has 2 aliphatic carbocycles. The summed E-state index contributed by atoms with van der Waals surface area (Å²) in [5, 5.41) is 0.